The van der Waals surface area contributed by atoms with Gasteiger partial charge in [0, 0.05) is 38.5 Å². The van der Waals surface area contributed by atoms with Gasteiger partial charge in [-0.1, -0.05) is 34.6 Å². The van der Waals surface area contributed by atoms with Gasteiger partial charge < -0.3 is 39.1 Å². The fourth-order valence-corrected chi connectivity index (χ4v) is 4.56. The third-order valence-electron chi connectivity index (χ3n) is 6.74. The van der Waals surface area contributed by atoms with Crippen LogP contribution in [0.15, 0.2) is 43.7 Å². The maximum absolute atomic E-state index is 12.9. The first-order valence-electron chi connectivity index (χ1n) is 14.4. The van der Waals surface area contributed by atoms with Crippen molar-refractivity contribution in [1.82, 2.24) is 30.4 Å². The average Bonchev–Trinajstić information content (AvgIpc) is 3.63. The van der Waals surface area contributed by atoms with Gasteiger partial charge in [0.25, 0.3) is 34.9 Å². The number of esters is 2. The molecule has 0 radical (unpaired) electrons. The van der Waals surface area contributed by atoms with E-state index in [1.54, 1.807) is 6.92 Å². The quantitative estimate of drug-likeness (QED) is 0.125. The molecular formula is C26H36N10O8. The number of aromatic amines is 2. The second-order valence-corrected chi connectivity index (χ2v) is 10.6. The molecule has 2 aromatic rings. The number of aliphatic hydroxyl groups is 2. The van der Waals surface area contributed by atoms with E-state index in [4.69, 9.17) is 18.9 Å². The minimum atomic E-state index is -1.46. The summed E-state index contributed by atoms with van der Waals surface area (Å²) >= 11 is 0. The van der Waals surface area contributed by atoms with Crippen LogP contribution in [0.5, 0.6) is 0 Å². The molecule has 4 heterocycles. The maximum atomic E-state index is 12.9. The molecule has 18 nitrogen and oxygen atoms in total. The van der Waals surface area contributed by atoms with Crippen LogP contribution >= 0.6 is 0 Å². The molecule has 0 aliphatic carbocycles. The number of hydrogen-bond acceptors (Lipinski definition) is 16. The molecule has 0 aromatic carbocycles. The van der Waals surface area contributed by atoms with Gasteiger partial charge in [0.2, 0.25) is 0 Å². The number of azo groups is 2. The zero-order chi connectivity index (χ0) is 31.9. The number of aromatic nitrogens is 6. The molecule has 4 rings (SSSR count). The molecule has 0 fully saturated rings. The Labute approximate surface area is 252 Å². The Kier molecular flexibility index (Phi) is 9.90. The Morgan fingerprint density at radius 1 is 0.705 bits per heavy atom. The summed E-state index contributed by atoms with van der Waals surface area (Å²) in [6.07, 6.45) is 2.91. The van der Waals surface area contributed by atoms with Crippen LogP contribution in [-0.2, 0) is 41.4 Å². The lowest BCUT2D eigenvalue weighted by Crippen LogP contribution is -2.44. The molecule has 2 aromatic heterocycles. The van der Waals surface area contributed by atoms with Crippen LogP contribution in [0.2, 0.25) is 0 Å². The van der Waals surface area contributed by atoms with Crippen LogP contribution in [0.3, 0.4) is 0 Å². The first kappa shape index (κ1) is 32.0. The number of carbonyl (C=O) groups excluding carboxylic acids is 2. The van der Waals surface area contributed by atoms with E-state index >= 15 is 0 Å². The highest BCUT2D eigenvalue weighted by Crippen LogP contribution is 2.38. The molecule has 0 spiro atoms. The highest BCUT2D eigenvalue weighted by Gasteiger charge is 2.46. The van der Waals surface area contributed by atoms with Crippen molar-refractivity contribution in [2.75, 3.05) is 0 Å². The van der Waals surface area contributed by atoms with E-state index in [0.29, 0.717) is 37.3 Å². The number of unbranched alkanes of at least 4 members (excludes halogenated alkanes) is 1. The van der Waals surface area contributed by atoms with Crippen LogP contribution in [0, 0.1) is 5.92 Å². The molecule has 2 atom stereocenters. The maximum Gasteiger partial charge on any atom is 0.369 e. The summed E-state index contributed by atoms with van der Waals surface area (Å²) < 4.78 is 22.6. The van der Waals surface area contributed by atoms with Crippen molar-refractivity contribution in [2.45, 2.75) is 97.6 Å². The normalized spacial score (nSPS) is 22.6. The highest BCUT2D eigenvalue weighted by molar-refractivity contribution is 5.89. The lowest BCUT2D eigenvalue weighted by atomic mass is 9.95. The van der Waals surface area contributed by atoms with Crippen molar-refractivity contribution >= 4 is 23.8 Å². The van der Waals surface area contributed by atoms with Gasteiger partial charge in [0.05, 0.1) is 0 Å². The van der Waals surface area contributed by atoms with Gasteiger partial charge in [-0.3, -0.25) is 0 Å². The molecular weight excluding hydrogens is 580 g/mol. The number of aliphatic hydroxyl groups excluding tert-OH is 2. The lowest BCUT2D eigenvalue weighted by Gasteiger charge is -2.38. The van der Waals surface area contributed by atoms with Gasteiger partial charge in [-0.2, -0.15) is 0 Å². The monoisotopic (exact) mass is 616 g/mol. The number of rotatable bonds is 14. The predicted octanol–water partition coefficient (Wildman–Crippen LogP) is 4.93. The average molecular weight is 617 g/mol. The zero-order valence-electron chi connectivity index (χ0n) is 25.2. The Hall–Kier alpha value is -4.90. The van der Waals surface area contributed by atoms with Gasteiger partial charge in [-0.25, -0.2) is 9.59 Å². The van der Waals surface area contributed by atoms with Crippen LogP contribution in [0.25, 0.3) is 0 Å². The molecule has 4 N–H and O–H groups in total. The molecule has 0 amide bonds. The Morgan fingerprint density at radius 2 is 1.16 bits per heavy atom. The summed E-state index contributed by atoms with van der Waals surface area (Å²) in [6, 6.07) is 0. The van der Waals surface area contributed by atoms with Crippen LogP contribution in [-0.4, -0.2) is 64.1 Å². The first-order valence-corrected chi connectivity index (χ1v) is 14.4. The molecule has 0 saturated heterocycles. The van der Waals surface area contributed by atoms with Crippen LogP contribution < -0.4 is 0 Å². The second-order valence-electron chi connectivity index (χ2n) is 10.6. The first-order chi connectivity index (χ1) is 21.0. The van der Waals surface area contributed by atoms with Gasteiger partial charge in [0.15, 0.2) is 0 Å². The van der Waals surface area contributed by atoms with Crippen molar-refractivity contribution in [3.8, 4) is 0 Å². The Bertz CT molecular complexity index is 1480. The predicted molar refractivity (Wildman–Crippen MR) is 148 cm³/mol. The fourth-order valence-electron chi connectivity index (χ4n) is 4.56. The third-order valence-corrected chi connectivity index (χ3v) is 6.74. The van der Waals surface area contributed by atoms with Crippen LogP contribution in [0.1, 0.15) is 84.8 Å². The van der Waals surface area contributed by atoms with E-state index in [0.717, 1.165) is 0 Å². The number of nitrogens with zero attached hydrogens (tertiary/aromatic N) is 8. The molecule has 0 bridgehead atoms. The summed E-state index contributed by atoms with van der Waals surface area (Å²) in [7, 11) is 0. The number of H-pyrrole nitrogens is 2. The SMILES string of the molecule is CCc1nnc(N=NC2=C(O)OC(CC)(CCCCC3(CC(C)C)OC(=O)C(N=Nc4nnc(CC)[nH]4)=C(O)O3)OC2=O)[nH]1. The number of hydrogen-bond donors (Lipinski definition) is 4. The van der Waals surface area contributed by atoms with Crippen molar-refractivity contribution in [1.29, 1.82) is 0 Å². The molecule has 238 valence electrons. The second kappa shape index (κ2) is 13.6. The highest BCUT2D eigenvalue weighted by atomic mass is 16.8. The summed E-state index contributed by atoms with van der Waals surface area (Å²) in [5.41, 5.74) is -1.01. The minimum absolute atomic E-state index is 0.0326. The van der Waals surface area contributed by atoms with Gasteiger partial charge in [0.1, 0.15) is 11.6 Å². The molecule has 0 saturated carbocycles. The number of carbonyl (C=O) groups is 2. The number of ether oxygens (including phenoxy) is 4. The van der Waals surface area contributed by atoms with Gasteiger partial charge >= 0.3 is 23.8 Å². The van der Waals surface area contributed by atoms with E-state index in [1.807, 2.05) is 27.7 Å². The fraction of sp³-hybridized carbons (Fsp3) is 0.615. The van der Waals surface area contributed by atoms with E-state index < -0.39 is 46.8 Å². The number of cyclic esters (lactones) is 2. The van der Waals surface area contributed by atoms with E-state index in [2.05, 4.69) is 50.8 Å². The van der Waals surface area contributed by atoms with Gasteiger partial charge in [-0.15, -0.1) is 40.9 Å². The number of nitrogens with one attached hydrogen (secondary N) is 2. The zero-order valence-corrected chi connectivity index (χ0v) is 25.2. The summed E-state index contributed by atoms with van der Waals surface area (Å²) in [5, 5.41) is 51.4. The minimum Gasteiger partial charge on any atom is -0.479 e. The molecule has 44 heavy (non-hydrogen) atoms. The van der Waals surface area contributed by atoms with Crippen molar-refractivity contribution in [3.05, 3.63) is 34.9 Å². The van der Waals surface area contributed by atoms with Crippen molar-refractivity contribution in [2.24, 2.45) is 26.4 Å². The van der Waals surface area contributed by atoms with Crippen molar-refractivity contribution in [3.63, 3.8) is 0 Å². The topological polar surface area (TPSA) is 244 Å². The summed E-state index contributed by atoms with van der Waals surface area (Å²) in [4.78, 5) is 31.2. The Morgan fingerprint density at radius 3 is 1.57 bits per heavy atom. The number of aryl methyl sites for hydroxylation is 2. The summed E-state index contributed by atoms with van der Waals surface area (Å²) in [6.45, 7) is 9.32. The molecule has 2 aliphatic rings. The molecule has 2 aliphatic heterocycles. The van der Waals surface area contributed by atoms with E-state index in [9.17, 15) is 19.8 Å². The Balaban J connectivity index is 1.39. The van der Waals surface area contributed by atoms with Crippen LogP contribution in [0.4, 0.5) is 11.9 Å². The van der Waals surface area contributed by atoms with Gasteiger partial charge in [-0.05, 0) is 18.8 Å². The smallest absolute Gasteiger partial charge is 0.369 e. The standard InChI is InChI=1S/C26H36N10O8/c1-6-15-27-23(33-29-15)35-31-17-19(37)41-25(8-3,42-20(17)38)11-9-10-12-26(13-14(4)5)43-21(39)18(22(40)44-26)32-36-24-28-16(7-2)30-34-24/h14,37,39H,6-13H2,1-5H3,(H,27,29,33)(H,28,30,34). The van der Waals surface area contributed by atoms with E-state index in [-0.39, 0.29) is 43.5 Å². The largest absolute Gasteiger partial charge is 0.479 e. The third kappa shape index (κ3) is 7.54. The molecule has 18 heteroatoms. The molecule has 2 unspecified atom stereocenters. The lowest BCUT2D eigenvalue weighted by molar-refractivity contribution is -0.252. The summed E-state index contributed by atoms with van der Waals surface area (Å²) in [5.74, 6) is -4.87. The van der Waals surface area contributed by atoms with Crippen molar-refractivity contribution < 1.29 is 38.7 Å². The van der Waals surface area contributed by atoms with E-state index in [1.165, 1.54) is 0 Å².